The van der Waals surface area contributed by atoms with E-state index in [0.29, 0.717) is 19.0 Å². The average molecular weight is 352 g/mol. The molecule has 0 spiro atoms. The second-order valence-corrected chi connectivity index (χ2v) is 6.56. The molecule has 1 aliphatic heterocycles. The van der Waals surface area contributed by atoms with Crippen LogP contribution in [0.1, 0.15) is 32.3 Å². The fraction of sp³-hybridized carbons (Fsp3) is 0.556. The van der Waals surface area contributed by atoms with Gasteiger partial charge in [-0.2, -0.15) is 0 Å². The highest BCUT2D eigenvalue weighted by Crippen LogP contribution is 2.13. The number of amides is 1. The SMILES string of the molecule is CN=C(NCc1cc(F)ccc1F)NC1CCN(C(=O)C(C)C)CC1. The molecule has 2 N–H and O–H groups in total. The normalized spacial score (nSPS) is 16.2. The molecule has 1 heterocycles. The van der Waals surface area contributed by atoms with Gasteiger partial charge in [-0.25, -0.2) is 8.78 Å². The lowest BCUT2D eigenvalue weighted by Gasteiger charge is -2.34. The molecule has 2 rings (SSSR count). The van der Waals surface area contributed by atoms with Gasteiger partial charge in [-0.05, 0) is 31.0 Å². The average Bonchev–Trinajstić information content (AvgIpc) is 2.61. The van der Waals surface area contributed by atoms with Crippen molar-refractivity contribution >= 4 is 11.9 Å². The first-order valence-electron chi connectivity index (χ1n) is 8.60. The first-order valence-corrected chi connectivity index (χ1v) is 8.60. The van der Waals surface area contributed by atoms with E-state index >= 15 is 0 Å². The Morgan fingerprint density at radius 2 is 2.00 bits per heavy atom. The molecule has 0 radical (unpaired) electrons. The van der Waals surface area contributed by atoms with Crippen LogP contribution >= 0.6 is 0 Å². The van der Waals surface area contributed by atoms with Crippen molar-refractivity contribution in [3.05, 3.63) is 35.4 Å². The van der Waals surface area contributed by atoms with Crippen LogP contribution in [0.5, 0.6) is 0 Å². The minimum atomic E-state index is -0.469. The molecule has 0 unspecified atom stereocenters. The van der Waals surface area contributed by atoms with Gasteiger partial charge in [-0.1, -0.05) is 13.8 Å². The number of carbonyl (C=O) groups is 1. The lowest BCUT2D eigenvalue weighted by Crippen LogP contribution is -2.50. The van der Waals surface area contributed by atoms with Crippen molar-refractivity contribution in [3.8, 4) is 0 Å². The van der Waals surface area contributed by atoms with Crippen molar-refractivity contribution in [1.29, 1.82) is 0 Å². The molecule has 1 saturated heterocycles. The van der Waals surface area contributed by atoms with E-state index in [-0.39, 0.29) is 30.0 Å². The summed E-state index contributed by atoms with van der Waals surface area (Å²) in [7, 11) is 1.63. The summed E-state index contributed by atoms with van der Waals surface area (Å²) in [5.74, 6) is -0.187. The number of halogens is 2. The van der Waals surface area contributed by atoms with Crippen LogP contribution < -0.4 is 10.6 Å². The molecule has 138 valence electrons. The quantitative estimate of drug-likeness (QED) is 0.646. The summed E-state index contributed by atoms with van der Waals surface area (Å²) in [5.41, 5.74) is 0.250. The van der Waals surface area contributed by atoms with Crippen LogP contribution in [-0.4, -0.2) is 42.9 Å². The zero-order chi connectivity index (χ0) is 18.4. The van der Waals surface area contributed by atoms with E-state index in [1.165, 1.54) is 6.07 Å². The molecule has 1 aromatic carbocycles. The molecule has 7 heteroatoms. The van der Waals surface area contributed by atoms with Crippen molar-refractivity contribution in [1.82, 2.24) is 15.5 Å². The molecule has 1 aromatic rings. The highest BCUT2D eigenvalue weighted by molar-refractivity contribution is 5.80. The van der Waals surface area contributed by atoms with E-state index in [4.69, 9.17) is 0 Å². The van der Waals surface area contributed by atoms with E-state index in [9.17, 15) is 13.6 Å². The third kappa shape index (κ3) is 5.41. The lowest BCUT2D eigenvalue weighted by atomic mass is 10.0. The van der Waals surface area contributed by atoms with E-state index in [1.807, 2.05) is 18.7 Å². The molecule has 0 bridgehead atoms. The van der Waals surface area contributed by atoms with Crippen molar-refractivity contribution in [2.45, 2.75) is 39.3 Å². The molecule has 0 aliphatic carbocycles. The topological polar surface area (TPSA) is 56.7 Å². The predicted octanol–water partition coefficient (Wildman–Crippen LogP) is 2.28. The van der Waals surface area contributed by atoms with Gasteiger partial charge >= 0.3 is 0 Å². The number of carbonyl (C=O) groups excluding carboxylic acids is 1. The van der Waals surface area contributed by atoms with Crippen LogP contribution in [0.4, 0.5) is 8.78 Å². The van der Waals surface area contributed by atoms with Gasteiger partial charge in [-0.15, -0.1) is 0 Å². The van der Waals surface area contributed by atoms with Crippen LogP contribution in [0, 0.1) is 17.6 Å². The van der Waals surface area contributed by atoms with Gasteiger partial charge in [0.2, 0.25) is 5.91 Å². The third-order valence-electron chi connectivity index (χ3n) is 4.32. The van der Waals surface area contributed by atoms with Gasteiger partial charge < -0.3 is 15.5 Å². The maximum absolute atomic E-state index is 13.7. The number of hydrogen-bond donors (Lipinski definition) is 2. The number of likely N-dealkylation sites (tertiary alicyclic amines) is 1. The van der Waals surface area contributed by atoms with Crippen LogP contribution in [0.2, 0.25) is 0 Å². The summed E-state index contributed by atoms with van der Waals surface area (Å²) in [6, 6.07) is 3.58. The van der Waals surface area contributed by atoms with Gasteiger partial charge in [0, 0.05) is 44.2 Å². The smallest absolute Gasteiger partial charge is 0.225 e. The van der Waals surface area contributed by atoms with Gasteiger partial charge in [0.05, 0.1) is 0 Å². The van der Waals surface area contributed by atoms with Crippen molar-refractivity contribution in [2.24, 2.45) is 10.9 Å². The van der Waals surface area contributed by atoms with Crippen LogP contribution in [0.25, 0.3) is 0 Å². The zero-order valence-corrected chi connectivity index (χ0v) is 15.0. The Balaban J connectivity index is 1.83. The van der Waals surface area contributed by atoms with Crippen molar-refractivity contribution < 1.29 is 13.6 Å². The molecular weight excluding hydrogens is 326 g/mol. The molecule has 1 amide bonds. The fourth-order valence-corrected chi connectivity index (χ4v) is 2.86. The van der Waals surface area contributed by atoms with Gasteiger partial charge in [-0.3, -0.25) is 9.79 Å². The molecule has 1 fully saturated rings. The summed E-state index contributed by atoms with van der Waals surface area (Å²) < 4.78 is 26.9. The summed E-state index contributed by atoms with van der Waals surface area (Å²) in [6.07, 6.45) is 1.65. The number of piperidine rings is 1. The maximum Gasteiger partial charge on any atom is 0.225 e. The fourth-order valence-electron chi connectivity index (χ4n) is 2.86. The van der Waals surface area contributed by atoms with Gasteiger partial charge in [0.25, 0.3) is 0 Å². The molecule has 0 atom stereocenters. The maximum atomic E-state index is 13.7. The summed E-state index contributed by atoms with van der Waals surface area (Å²) in [6.45, 7) is 5.39. The number of nitrogens with one attached hydrogen (secondary N) is 2. The second-order valence-electron chi connectivity index (χ2n) is 6.56. The first-order chi connectivity index (χ1) is 11.9. The summed E-state index contributed by atoms with van der Waals surface area (Å²) >= 11 is 0. The Morgan fingerprint density at radius 3 is 2.60 bits per heavy atom. The summed E-state index contributed by atoms with van der Waals surface area (Å²) in [5, 5.41) is 6.29. The van der Waals surface area contributed by atoms with Gasteiger partial charge in [0.1, 0.15) is 11.6 Å². The second kappa shape index (κ2) is 8.78. The minimum Gasteiger partial charge on any atom is -0.354 e. The Labute approximate surface area is 147 Å². The molecular formula is C18H26F2N4O. The molecule has 5 nitrogen and oxygen atoms in total. The number of nitrogens with zero attached hydrogens (tertiary/aromatic N) is 2. The Kier molecular flexibility index (Phi) is 6.73. The van der Waals surface area contributed by atoms with Crippen LogP contribution in [-0.2, 0) is 11.3 Å². The number of aliphatic imine (C=N–C) groups is 1. The van der Waals surface area contributed by atoms with E-state index < -0.39 is 11.6 Å². The minimum absolute atomic E-state index is 0.0140. The standard InChI is InChI=1S/C18H26F2N4O/c1-12(2)17(25)24-8-6-15(7-9-24)23-18(21-3)22-11-13-10-14(19)4-5-16(13)20/h4-5,10,12,15H,6-9,11H2,1-3H3,(H2,21,22,23). The Bertz CT molecular complexity index is 626. The number of guanidine groups is 1. The number of benzene rings is 1. The van der Waals surface area contributed by atoms with Crippen molar-refractivity contribution in [3.63, 3.8) is 0 Å². The Hall–Kier alpha value is -2.18. The number of hydrogen-bond acceptors (Lipinski definition) is 2. The molecule has 0 aromatic heterocycles. The third-order valence-corrected chi connectivity index (χ3v) is 4.32. The molecule has 25 heavy (non-hydrogen) atoms. The molecule has 1 aliphatic rings. The molecule has 0 saturated carbocycles. The first kappa shape index (κ1) is 19.1. The number of rotatable bonds is 4. The van der Waals surface area contributed by atoms with E-state index in [0.717, 1.165) is 25.0 Å². The van der Waals surface area contributed by atoms with Crippen LogP contribution in [0.3, 0.4) is 0 Å². The lowest BCUT2D eigenvalue weighted by molar-refractivity contribution is -0.135. The largest absolute Gasteiger partial charge is 0.354 e. The van der Waals surface area contributed by atoms with Crippen molar-refractivity contribution in [2.75, 3.05) is 20.1 Å². The van der Waals surface area contributed by atoms with Crippen LogP contribution in [0.15, 0.2) is 23.2 Å². The van der Waals surface area contributed by atoms with E-state index in [2.05, 4.69) is 15.6 Å². The highest BCUT2D eigenvalue weighted by atomic mass is 19.1. The highest BCUT2D eigenvalue weighted by Gasteiger charge is 2.24. The monoisotopic (exact) mass is 352 g/mol. The van der Waals surface area contributed by atoms with Gasteiger partial charge in [0.15, 0.2) is 5.96 Å². The Morgan fingerprint density at radius 1 is 1.32 bits per heavy atom. The summed E-state index contributed by atoms with van der Waals surface area (Å²) in [4.78, 5) is 18.0. The zero-order valence-electron chi connectivity index (χ0n) is 15.0. The van der Waals surface area contributed by atoms with E-state index in [1.54, 1.807) is 7.05 Å². The predicted molar refractivity (Wildman–Crippen MR) is 94.1 cm³/mol.